The molecule has 1 N–H and O–H groups in total. The molecule has 2 aliphatic rings. The predicted molar refractivity (Wildman–Crippen MR) is 135 cm³/mol. The van der Waals surface area contributed by atoms with Gasteiger partial charge in [-0.2, -0.15) is 0 Å². The van der Waals surface area contributed by atoms with Crippen molar-refractivity contribution in [1.29, 1.82) is 0 Å². The Labute approximate surface area is 200 Å². The lowest BCUT2D eigenvalue weighted by atomic mass is 9.96. The minimum atomic E-state index is 0.478. The second kappa shape index (κ2) is 10.2. The summed E-state index contributed by atoms with van der Waals surface area (Å²) < 4.78 is 5.37. The smallest absolute Gasteiger partial charge is 0.223 e. The molecular weight excluding hydrogens is 430 g/mol. The largest absolute Gasteiger partial charge is 0.497 e. The maximum atomic E-state index is 5.37. The van der Waals surface area contributed by atoms with Crippen molar-refractivity contribution in [3.63, 3.8) is 0 Å². The van der Waals surface area contributed by atoms with Crippen molar-refractivity contribution >= 4 is 17.3 Å². The van der Waals surface area contributed by atoms with Crippen LogP contribution >= 0.6 is 11.3 Å². The highest BCUT2D eigenvalue weighted by atomic mass is 32.1. The first kappa shape index (κ1) is 22.3. The van der Waals surface area contributed by atoms with E-state index in [4.69, 9.17) is 14.7 Å². The molecule has 3 aromatic rings. The van der Waals surface area contributed by atoms with E-state index in [0.717, 1.165) is 59.5 Å². The van der Waals surface area contributed by atoms with Gasteiger partial charge in [0, 0.05) is 23.7 Å². The number of ether oxygens (including phenoxy) is 1. The van der Waals surface area contributed by atoms with Crippen LogP contribution in [0.1, 0.15) is 55.9 Å². The van der Waals surface area contributed by atoms with Gasteiger partial charge in [-0.1, -0.05) is 19.3 Å². The van der Waals surface area contributed by atoms with Crippen molar-refractivity contribution in [2.75, 3.05) is 32.6 Å². The maximum absolute atomic E-state index is 5.37. The van der Waals surface area contributed by atoms with E-state index in [1.54, 1.807) is 18.4 Å². The molecule has 0 spiro atoms. The van der Waals surface area contributed by atoms with Gasteiger partial charge in [0.1, 0.15) is 5.75 Å². The minimum Gasteiger partial charge on any atom is -0.497 e. The first-order chi connectivity index (χ1) is 16.2. The predicted octanol–water partition coefficient (Wildman–Crippen LogP) is 5.83. The van der Waals surface area contributed by atoms with Gasteiger partial charge in [-0.25, -0.2) is 15.0 Å². The van der Waals surface area contributed by atoms with Crippen molar-refractivity contribution in [3.8, 4) is 27.6 Å². The lowest BCUT2D eigenvalue weighted by molar-refractivity contribution is 0.255. The number of methoxy groups -OCH3 is 1. The quantitative estimate of drug-likeness (QED) is 0.496. The van der Waals surface area contributed by atoms with E-state index in [-0.39, 0.29) is 0 Å². The molecule has 1 saturated carbocycles. The van der Waals surface area contributed by atoms with Crippen LogP contribution in [0.2, 0.25) is 0 Å². The van der Waals surface area contributed by atoms with E-state index in [9.17, 15) is 0 Å². The number of hydrogen-bond donors (Lipinski definition) is 1. The zero-order valence-corrected chi connectivity index (χ0v) is 20.4. The van der Waals surface area contributed by atoms with E-state index in [0.29, 0.717) is 12.0 Å². The van der Waals surface area contributed by atoms with Crippen molar-refractivity contribution in [3.05, 3.63) is 41.5 Å². The van der Waals surface area contributed by atoms with Crippen LogP contribution in [-0.2, 0) is 0 Å². The van der Waals surface area contributed by atoms with Gasteiger partial charge in [-0.05, 0) is 76.2 Å². The van der Waals surface area contributed by atoms with Crippen LogP contribution in [0.25, 0.3) is 21.8 Å². The lowest BCUT2D eigenvalue weighted by Gasteiger charge is -2.27. The van der Waals surface area contributed by atoms with Gasteiger partial charge in [-0.3, -0.25) is 0 Å². The summed E-state index contributed by atoms with van der Waals surface area (Å²) in [5.41, 5.74) is 3.06. The minimum absolute atomic E-state index is 0.478. The van der Waals surface area contributed by atoms with Gasteiger partial charge >= 0.3 is 0 Å². The molecule has 0 unspecified atom stereocenters. The highest BCUT2D eigenvalue weighted by Crippen LogP contribution is 2.41. The molecule has 1 saturated heterocycles. The van der Waals surface area contributed by atoms with Crippen LogP contribution < -0.4 is 10.1 Å². The number of piperidine rings is 1. The van der Waals surface area contributed by atoms with Crippen molar-refractivity contribution in [2.45, 2.75) is 56.9 Å². The van der Waals surface area contributed by atoms with Gasteiger partial charge in [-0.15, -0.1) is 11.3 Å². The molecule has 6 nitrogen and oxygen atoms in total. The summed E-state index contributed by atoms with van der Waals surface area (Å²) in [6.45, 7) is 2.25. The maximum Gasteiger partial charge on any atom is 0.223 e. The summed E-state index contributed by atoms with van der Waals surface area (Å²) in [4.78, 5) is 18.2. The molecule has 5 rings (SSSR count). The molecule has 1 aromatic carbocycles. The Balaban J connectivity index is 1.48. The number of anilines is 1. The first-order valence-corrected chi connectivity index (χ1v) is 12.9. The summed E-state index contributed by atoms with van der Waals surface area (Å²) in [5.74, 6) is 2.10. The summed E-state index contributed by atoms with van der Waals surface area (Å²) in [7, 11) is 3.90. The fraction of sp³-hybridized carbons (Fsp3) is 0.500. The highest BCUT2D eigenvalue weighted by Gasteiger charge is 2.25. The van der Waals surface area contributed by atoms with Gasteiger partial charge in [0.15, 0.2) is 0 Å². The van der Waals surface area contributed by atoms with Crippen LogP contribution in [0.3, 0.4) is 0 Å². The average Bonchev–Trinajstić information content (AvgIpc) is 3.31. The molecule has 33 heavy (non-hydrogen) atoms. The van der Waals surface area contributed by atoms with Crippen LogP contribution in [0.4, 0.5) is 5.95 Å². The Morgan fingerprint density at radius 2 is 1.73 bits per heavy atom. The van der Waals surface area contributed by atoms with Gasteiger partial charge in [0.2, 0.25) is 5.95 Å². The zero-order chi connectivity index (χ0) is 22.6. The number of nitrogens with one attached hydrogen (secondary N) is 1. The van der Waals surface area contributed by atoms with Crippen LogP contribution in [0.15, 0.2) is 36.5 Å². The standard InChI is InChI=1S/C26H33N5OS/c1-31-16-13-19(14-17-31)25-30-23(18-8-10-21(32-2)11-9-18)24(33-25)22-12-15-27-26(29-22)28-20-6-4-3-5-7-20/h8-12,15,19-20H,3-7,13-14,16-17H2,1-2H3,(H,27,28,29). The Kier molecular flexibility index (Phi) is 6.88. The molecule has 2 aromatic heterocycles. The Bertz CT molecular complexity index is 1050. The molecule has 1 aliphatic carbocycles. The van der Waals surface area contributed by atoms with E-state index >= 15 is 0 Å². The van der Waals surface area contributed by atoms with E-state index in [1.165, 1.54) is 37.1 Å². The molecule has 0 amide bonds. The summed E-state index contributed by atoms with van der Waals surface area (Å²) in [6, 6.07) is 10.7. The number of aromatic nitrogens is 3. The summed E-state index contributed by atoms with van der Waals surface area (Å²) in [6.07, 6.45) is 10.5. The second-order valence-corrected chi connectivity index (χ2v) is 10.3. The fourth-order valence-corrected chi connectivity index (χ4v) is 6.10. The summed E-state index contributed by atoms with van der Waals surface area (Å²) in [5, 5.41) is 4.81. The van der Waals surface area contributed by atoms with Gasteiger partial charge in [0.25, 0.3) is 0 Å². The first-order valence-electron chi connectivity index (χ1n) is 12.1. The molecule has 3 heterocycles. The van der Waals surface area contributed by atoms with E-state index < -0.39 is 0 Å². The molecule has 0 bridgehead atoms. The number of likely N-dealkylation sites (tertiary alicyclic amines) is 1. The zero-order valence-electron chi connectivity index (χ0n) is 19.6. The third-order valence-electron chi connectivity index (χ3n) is 6.90. The number of benzene rings is 1. The second-order valence-electron chi connectivity index (χ2n) is 9.28. The van der Waals surface area contributed by atoms with Crippen LogP contribution in [0.5, 0.6) is 5.75 Å². The molecule has 1 aliphatic heterocycles. The van der Waals surface area contributed by atoms with Crippen molar-refractivity contribution < 1.29 is 4.74 Å². The molecule has 7 heteroatoms. The molecule has 2 fully saturated rings. The number of rotatable bonds is 6. The Morgan fingerprint density at radius 1 is 0.970 bits per heavy atom. The van der Waals surface area contributed by atoms with Crippen LogP contribution in [0, 0.1) is 0 Å². The average molecular weight is 464 g/mol. The normalized spacial score (nSPS) is 18.4. The van der Waals surface area contributed by atoms with Crippen molar-refractivity contribution in [1.82, 2.24) is 19.9 Å². The molecular formula is C26H33N5OS. The van der Waals surface area contributed by atoms with E-state index in [2.05, 4.69) is 34.4 Å². The number of hydrogen-bond acceptors (Lipinski definition) is 7. The monoisotopic (exact) mass is 463 g/mol. The molecule has 0 radical (unpaired) electrons. The number of thiazole rings is 1. The van der Waals surface area contributed by atoms with Crippen molar-refractivity contribution in [2.24, 2.45) is 0 Å². The molecule has 0 atom stereocenters. The van der Waals surface area contributed by atoms with Gasteiger partial charge < -0.3 is 15.0 Å². The Hall–Kier alpha value is -2.51. The highest BCUT2D eigenvalue weighted by molar-refractivity contribution is 7.15. The SMILES string of the molecule is COc1ccc(-c2nc(C3CCN(C)CC3)sc2-c2ccnc(NC3CCCCC3)n2)cc1. The van der Waals surface area contributed by atoms with E-state index in [1.807, 2.05) is 24.4 Å². The molecule has 174 valence electrons. The third-order valence-corrected chi connectivity index (χ3v) is 8.14. The summed E-state index contributed by atoms with van der Waals surface area (Å²) >= 11 is 1.80. The topological polar surface area (TPSA) is 63.2 Å². The lowest BCUT2D eigenvalue weighted by Crippen LogP contribution is -2.29. The fourth-order valence-electron chi connectivity index (χ4n) is 4.87. The van der Waals surface area contributed by atoms with Crippen LogP contribution in [-0.4, -0.2) is 53.1 Å². The number of nitrogens with zero attached hydrogens (tertiary/aromatic N) is 4. The Morgan fingerprint density at radius 3 is 2.45 bits per heavy atom. The van der Waals surface area contributed by atoms with Gasteiger partial charge in [0.05, 0.1) is 28.4 Å². The third kappa shape index (κ3) is 5.20.